The van der Waals surface area contributed by atoms with Gasteiger partial charge in [-0.2, -0.15) is 5.26 Å². The van der Waals surface area contributed by atoms with Crippen LogP contribution in [0.5, 0.6) is 0 Å². The van der Waals surface area contributed by atoms with Crippen LogP contribution in [-0.4, -0.2) is 17.6 Å². The summed E-state index contributed by atoms with van der Waals surface area (Å²) < 4.78 is 5.65. The molecule has 0 unspecified atom stereocenters. The fourth-order valence-corrected chi connectivity index (χ4v) is 5.14. The van der Waals surface area contributed by atoms with Gasteiger partial charge in [0.05, 0.1) is 33.9 Å². The Kier molecular flexibility index (Phi) is 8.90. The Morgan fingerprint density at radius 3 is 2.39 bits per heavy atom. The molecule has 38 heavy (non-hydrogen) atoms. The van der Waals surface area contributed by atoms with E-state index in [1.807, 2.05) is 61.5 Å². The number of thioether (sulfide) groups is 1. The number of para-hydroxylation sites is 1. The lowest BCUT2D eigenvalue weighted by atomic mass is 9.82. The summed E-state index contributed by atoms with van der Waals surface area (Å²) in [6.45, 7) is 3.80. The molecule has 2 N–H and O–H groups in total. The van der Waals surface area contributed by atoms with Crippen molar-refractivity contribution >= 4 is 40.9 Å². The van der Waals surface area contributed by atoms with E-state index >= 15 is 0 Å². The van der Waals surface area contributed by atoms with Crippen LogP contribution in [0, 0.1) is 18.3 Å². The standard InChI is InChI=1S/C30H26ClN3O3S/c1-19-8-6-7-11-25(19)34-26(35)18-38-29-24(16-32)28(22-12-14-23(31)15-13-22)27(20(2)33-29)30(36)37-17-21-9-4-3-5-10-21/h3-15,28,33H,17-18H2,1-2H3,(H,34,35)/t28-/m0/s1. The summed E-state index contributed by atoms with van der Waals surface area (Å²) in [7, 11) is 0. The predicted molar refractivity (Wildman–Crippen MR) is 151 cm³/mol. The number of carbonyl (C=O) groups is 2. The van der Waals surface area contributed by atoms with E-state index in [2.05, 4.69) is 16.7 Å². The molecule has 0 aromatic heterocycles. The summed E-state index contributed by atoms with van der Waals surface area (Å²) >= 11 is 7.33. The fourth-order valence-electron chi connectivity index (χ4n) is 4.12. The van der Waals surface area contributed by atoms with Crippen LogP contribution in [0.15, 0.2) is 101 Å². The summed E-state index contributed by atoms with van der Waals surface area (Å²) in [4.78, 5) is 26.1. The minimum Gasteiger partial charge on any atom is -0.457 e. The molecule has 0 fully saturated rings. The third-order valence-corrected chi connectivity index (χ3v) is 7.32. The van der Waals surface area contributed by atoms with Gasteiger partial charge in [-0.15, -0.1) is 0 Å². The first kappa shape index (κ1) is 27.1. The number of hydrogen-bond acceptors (Lipinski definition) is 6. The molecule has 3 aromatic carbocycles. The molecule has 1 aliphatic rings. The monoisotopic (exact) mass is 543 g/mol. The molecule has 0 saturated heterocycles. The number of nitriles is 1. The van der Waals surface area contributed by atoms with Gasteiger partial charge >= 0.3 is 5.97 Å². The Bertz CT molecular complexity index is 1440. The Morgan fingerprint density at radius 1 is 1.03 bits per heavy atom. The quantitative estimate of drug-likeness (QED) is 0.317. The molecule has 8 heteroatoms. The molecule has 0 spiro atoms. The van der Waals surface area contributed by atoms with Gasteiger partial charge in [-0.3, -0.25) is 4.79 Å². The minimum atomic E-state index is -0.677. The zero-order valence-electron chi connectivity index (χ0n) is 21.0. The number of ether oxygens (including phenoxy) is 1. The van der Waals surface area contributed by atoms with E-state index in [9.17, 15) is 14.9 Å². The number of hydrogen-bond donors (Lipinski definition) is 2. The maximum Gasteiger partial charge on any atom is 0.337 e. The number of dihydropyridines is 1. The predicted octanol–water partition coefficient (Wildman–Crippen LogP) is 6.46. The lowest BCUT2D eigenvalue weighted by Crippen LogP contribution is -2.29. The van der Waals surface area contributed by atoms with Gasteiger partial charge in [0, 0.05) is 16.4 Å². The van der Waals surface area contributed by atoms with Crippen LogP contribution in [0.25, 0.3) is 0 Å². The van der Waals surface area contributed by atoms with Crippen molar-refractivity contribution < 1.29 is 14.3 Å². The average molecular weight is 544 g/mol. The first-order chi connectivity index (χ1) is 18.4. The summed E-state index contributed by atoms with van der Waals surface area (Å²) in [5, 5.41) is 17.4. The lowest BCUT2D eigenvalue weighted by molar-refractivity contribution is -0.140. The first-order valence-corrected chi connectivity index (χ1v) is 13.3. The van der Waals surface area contributed by atoms with Crippen molar-refractivity contribution in [2.45, 2.75) is 26.4 Å². The van der Waals surface area contributed by atoms with Gasteiger partial charge in [0.25, 0.3) is 0 Å². The van der Waals surface area contributed by atoms with Gasteiger partial charge in [-0.1, -0.05) is 84.0 Å². The van der Waals surface area contributed by atoms with Crippen molar-refractivity contribution in [3.63, 3.8) is 0 Å². The van der Waals surface area contributed by atoms with Crippen molar-refractivity contribution in [2.24, 2.45) is 0 Å². The number of benzene rings is 3. The van der Waals surface area contributed by atoms with Crippen molar-refractivity contribution in [1.29, 1.82) is 5.26 Å². The molecule has 1 heterocycles. The topological polar surface area (TPSA) is 91.2 Å². The number of halogens is 1. The van der Waals surface area contributed by atoms with Crippen LogP contribution in [-0.2, 0) is 20.9 Å². The van der Waals surface area contributed by atoms with E-state index in [1.54, 1.807) is 31.2 Å². The highest BCUT2D eigenvalue weighted by Crippen LogP contribution is 2.41. The molecule has 1 atom stereocenters. The summed E-state index contributed by atoms with van der Waals surface area (Å²) in [5.74, 6) is -1.32. The molecule has 1 amide bonds. The largest absolute Gasteiger partial charge is 0.457 e. The molecular formula is C30H26ClN3O3S. The number of nitrogens with one attached hydrogen (secondary N) is 2. The number of nitrogens with zero attached hydrogens (tertiary/aromatic N) is 1. The lowest BCUT2D eigenvalue weighted by Gasteiger charge is -2.29. The smallest absolute Gasteiger partial charge is 0.337 e. The van der Waals surface area contributed by atoms with Crippen LogP contribution in [0.1, 0.15) is 29.5 Å². The first-order valence-electron chi connectivity index (χ1n) is 11.9. The molecular weight excluding hydrogens is 518 g/mol. The molecule has 192 valence electrons. The molecule has 3 aromatic rings. The summed E-state index contributed by atoms with van der Waals surface area (Å²) in [5.41, 5.74) is 4.51. The highest BCUT2D eigenvalue weighted by Gasteiger charge is 2.35. The number of amides is 1. The molecule has 1 aliphatic heterocycles. The molecule has 0 aliphatic carbocycles. The van der Waals surface area contributed by atoms with Gasteiger partial charge in [0.2, 0.25) is 5.91 Å². The van der Waals surface area contributed by atoms with Crippen molar-refractivity contribution in [1.82, 2.24) is 5.32 Å². The van der Waals surface area contributed by atoms with Crippen molar-refractivity contribution in [3.05, 3.63) is 122 Å². The summed E-state index contributed by atoms with van der Waals surface area (Å²) in [6, 6.07) is 26.2. The Morgan fingerprint density at radius 2 is 1.71 bits per heavy atom. The average Bonchev–Trinajstić information content (AvgIpc) is 2.92. The van der Waals surface area contributed by atoms with Gasteiger partial charge in [-0.25, -0.2) is 4.79 Å². The van der Waals surface area contributed by atoms with Crippen LogP contribution in [0.3, 0.4) is 0 Å². The number of allylic oxidation sites excluding steroid dienone is 2. The van der Waals surface area contributed by atoms with E-state index < -0.39 is 11.9 Å². The van der Waals surface area contributed by atoms with Crippen molar-refractivity contribution in [2.75, 3.05) is 11.1 Å². The van der Waals surface area contributed by atoms with E-state index in [4.69, 9.17) is 16.3 Å². The van der Waals surface area contributed by atoms with E-state index in [-0.39, 0.29) is 18.3 Å². The van der Waals surface area contributed by atoms with Crippen LogP contribution in [0.4, 0.5) is 5.69 Å². The van der Waals surface area contributed by atoms with E-state index in [0.717, 1.165) is 22.4 Å². The zero-order valence-corrected chi connectivity index (χ0v) is 22.5. The number of anilines is 1. The van der Waals surface area contributed by atoms with Crippen LogP contribution in [0.2, 0.25) is 5.02 Å². The fraction of sp³-hybridized carbons (Fsp3) is 0.167. The van der Waals surface area contributed by atoms with Gasteiger partial charge in [0.1, 0.15) is 6.61 Å². The van der Waals surface area contributed by atoms with Crippen LogP contribution < -0.4 is 10.6 Å². The molecule has 0 radical (unpaired) electrons. The van der Waals surface area contributed by atoms with Crippen molar-refractivity contribution in [3.8, 4) is 6.07 Å². The molecule has 0 bridgehead atoms. The second kappa shape index (κ2) is 12.5. The second-order valence-corrected chi connectivity index (χ2v) is 10.1. The SMILES string of the molecule is CC1=C(C(=O)OCc2ccccc2)[C@@H](c2ccc(Cl)cc2)C(C#N)=C(SCC(=O)Nc2ccccc2C)N1. The molecule has 6 nitrogen and oxygen atoms in total. The zero-order chi connectivity index (χ0) is 27.1. The maximum absolute atomic E-state index is 13.4. The van der Waals surface area contributed by atoms with Gasteiger partial charge in [-0.05, 0) is 48.7 Å². The Hall–Kier alpha value is -3.99. The van der Waals surface area contributed by atoms with E-state index in [0.29, 0.717) is 26.9 Å². The number of esters is 1. The molecule has 4 rings (SSSR count). The van der Waals surface area contributed by atoms with Crippen LogP contribution >= 0.6 is 23.4 Å². The maximum atomic E-state index is 13.4. The highest BCUT2D eigenvalue weighted by molar-refractivity contribution is 8.03. The Labute approximate surface area is 231 Å². The van der Waals surface area contributed by atoms with Gasteiger partial charge < -0.3 is 15.4 Å². The third kappa shape index (κ3) is 6.46. The minimum absolute atomic E-state index is 0.0796. The highest BCUT2D eigenvalue weighted by atomic mass is 35.5. The van der Waals surface area contributed by atoms with Gasteiger partial charge in [0.15, 0.2) is 0 Å². The normalized spacial score (nSPS) is 14.9. The molecule has 0 saturated carbocycles. The Balaban J connectivity index is 1.59. The second-order valence-electron chi connectivity index (χ2n) is 8.72. The summed E-state index contributed by atoms with van der Waals surface area (Å²) in [6.07, 6.45) is 0. The number of rotatable bonds is 8. The number of aryl methyl sites for hydroxylation is 1. The number of carbonyl (C=O) groups excluding carboxylic acids is 2. The third-order valence-electron chi connectivity index (χ3n) is 6.05. The van der Waals surface area contributed by atoms with E-state index in [1.165, 1.54) is 11.8 Å².